The van der Waals surface area contributed by atoms with Crippen molar-refractivity contribution in [3.05, 3.63) is 46.9 Å². The molecule has 3 aromatic rings. The number of fused-ring (bicyclic) bond motifs is 1. The van der Waals surface area contributed by atoms with Gasteiger partial charge in [-0.15, -0.1) is 0 Å². The number of furan rings is 1. The van der Waals surface area contributed by atoms with Crippen LogP contribution in [0.25, 0.3) is 11.5 Å². The quantitative estimate of drug-likeness (QED) is 0.629. The number of amides is 1. The molecule has 12 heteroatoms. The number of hydrogen-bond acceptors (Lipinski definition) is 6. The number of aromatic amines is 1. The van der Waals surface area contributed by atoms with Gasteiger partial charge in [-0.2, -0.15) is 18.3 Å². The number of aryl methyl sites for hydroxylation is 1. The van der Waals surface area contributed by atoms with Crippen LogP contribution in [0, 0.1) is 6.92 Å². The van der Waals surface area contributed by atoms with Crippen LogP contribution >= 0.6 is 0 Å². The van der Waals surface area contributed by atoms with Crippen LogP contribution in [-0.2, 0) is 24.0 Å². The molecule has 4 heterocycles. The Kier molecular flexibility index (Phi) is 5.07. The lowest BCUT2D eigenvalue weighted by atomic mass is 10.2. The average Bonchev–Trinajstić information content (AvgIpc) is 3.44. The topological polar surface area (TPSA) is 106 Å². The molecule has 31 heavy (non-hydrogen) atoms. The lowest BCUT2D eigenvalue weighted by molar-refractivity contribution is -0.141. The number of ether oxygens (including phenoxy) is 1. The summed E-state index contributed by atoms with van der Waals surface area (Å²) in [5.74, 6) is -0.428. The van der Waals surface area contributed by atoms with Gasteiger partial charge in [0, 0.05) is 19.2 Å². The van der Waals surface area contributed by atoms with Crippen molar-refractivity contribution in [2.75, 3.05) is 13.2 Å². The molecule has 1 N–H and O–H groups in total. The Morgan fingerprint density at radius 2 is 2.06 bits per heavy atom. The fourth-order valence-corrected chi connectivity index (χ4v) is 3.41. The van der Waals surface area contributed by atoms with Gasteiger partial charge in [0.2, 0.25) is 0 Å². The Morgan fingerprint density at radius 3 is 2.71 bits per heavy atom. The van der Waals surface area contributed by atoms with E-state index in [1.54, 1.807) is 19.1 Å². The van der Waals surface area contributed by atoms with Crippen LogP contribution in [0.4, 0.5) is 13.2 Å². The monoisotopic (exact) mass is 437 g/mol. The van der Waals surface area contributed by atoms with E-state index in [-0.39, 0.29) is 37.8 Å². The standard InChI is InChI=1S/C19H18F3N5O4/c1-3-30-18(29)15-16(19(20,21)22)23-14-9-26(6-7-27(14)15)17(28)12-8-11(24-25-12)13-5-4-10(2)31-13/h4-5,8H,3,6-7,9H2,1-2H3,(H,24,25). The second-order valence-electron chi connectivity index (χ2n) is 6.90. The highest BCUT2D eigenvalue weighted by molar-refractivity contribution is 5.93. The zero-order valence-electron chi connectivity index (χ0n) is 16.6. The maximum absolute atomic E-state index is 13.4. The Morgan fingerprint density at radius 1 is 1.29 bits per heavy atom. The van der Waals surface area contributed by atoms with Gasteiger partial charge in [0.05, 0.1) is 13.2 Å². The Labute approximate surface area is 173 Å². The predicted octanol–water partition coefficient (Wildman–Crippen LogP) is 3.03. The van der Waals surface area contributed by atoms with E-state index in [2.05, 4.69) is 15.2 Å². The molecule has 3 aromatic heterocycles. The lowest BCUT2D eigenvalue weighted by Crippen LogP contribution is -2.39. The molecule has 0 saturated heterocycles. The van der Waals surface area contributed by atoms with Crippen molar-refractivity contribution in [3.8, 4) is 11.5 Å². The molecule has 164 valence electrons. The number of H-pyrrole nitrogens is 1. The van der Waals surface area contributed by atoms with Crippen molar-refractivity contribution in [2.24, 2.45) is 0 Å². The molecule has 0 aliphatic carbocycles. The first kappa shape index (κ1) is 20.7. The normalized spacial score (nSPS) is 13.9. The Hall–Kier alpha value is -3.57. The number of nitrogens with zero attached hydrogens (tertiary/aromatic N) is 4. The lowest BCUT2D eigenvalue weighted by Gasteiger charge is -2.27. The Balaban J connectivity index is 1.60. The van der Waals surface area contributed by atoms with E-state index in [0.29, 0.717) is 17.2 Å². The molecule has 0 aromatic carbocycles. The van der Waals surface area contributed by atoms with Gasteiger partial charge in [0.15, 0.2) is 22.8 Å². The van der Waals surface area contributed by atoms with Crippen LogP contribution in [0.3, 0.4) is 0 Å². The number of alkyl halides is 3. The van der Waals surface area contributed by atoms with Gasteiger partial charge in [0.25, 0.3) is 5.91 Å². The molecule has 1 aliphatic heterocycles. The number of rotatable bonds is 4. The molecule has 0 unspecified atom stereocenters. The van der Waals surface area contributed by atoms with E-state index in [1.807, 2.05) is 0 Å². The largest absolute Gasteiger partial charge is 0.461 e. The van der Waals surface area contributed by atoms with E-state index in [4.69, 9.17) is 9.15 Å². The number of carbonyl (C=O) groups is 2. The summed E-state index contributed by atoms with van der Waals surface area (Å²) in [4.78, 5) is 29.9. The zero-order valence-corrected chi connectivity index (χ0v) is 16.6. The summed E-state index contributed by atoms with van der Waals surface area (Å²) in [5, 5.41) is 6.70. The number of halogens is 3. The second kappa shape index (κ2) is 7.60. The molecule has 0 saturated carbocycles. The van der Waals surface area contributed by atoms with Crippen molar-refractivity contribution >= 4 is 11.9 Å². The fraction of sp³-hybridized carbons (Fsp3) is 0.368. The van der Waals surface area contributed by atoms with Gasteiger partial charge in [-0.1, -0.05) is 0 Å². The van der Waals surface area contributed by atoms with Gasteiger partial charge < -0.3 is 18.6 Å². The van der Waals surface area contributed by atoms with Crippen LogP contribution in [0.5, 0.6) is 0 Å². The molecule has 0 radical (unpaired) electrons. The summed E-state index contributed by atoms with van der Waals surface area (Å²) in [6.07, 6.45) is -4.83. The number of carbonyl (C=O) groups excluding carboxylic acids is 2. The highest BCUT2D eigenvalue weighted by Crippen LogP contribution is 2.33. The van der Waals surface area contributed by atoms with E-state index in [9.17, 15) is 22.8 Å². The summed E-state index contributed by atoms with van der Waals surface area (Å²) in [6, 6.07) is 5.00. The van der Waals surface area contributed by atoms with Crippen LogP contribution in [-0.4, -0.2) is 49.7 Å². The van der Waals surface area contributed by atoms with Crippen molar-refractivity contribution in [1.29, 1.82) is 0 Å². The average molecular weight is 437 g/mol. The third kappa shape index (κ3) is 3.80. The zero-order chi connectivity index (χ0) is 22.3. The van der Waals surface area contributed by atoms with Crippen molar-refractivity contribution in [1.82, 2.24) is 24.6 Å². The van der Waals surface area contributed by atoms with Crippen molar-refractivity contribution in [2.45, 2.75) is 33.1 Å². The van der Waals surface area contributed by atoms with Crippen LogP contribution in [0.1, 0.15) is 45.2 Å². The fourth-order valence-electron chi connectivity index (χ4n) is 3.41. The molecular formula is C19H18F3N5O4. The highest BCUT2D eigenvalue weighted by Gasteiger charge is 2.43. The molecule has 4 rings (SSSR count). The van der Waals surface area contributed by atoms with E-state index < -0.39 is 29.4 Å². The maximum Gasteiger partial charge on any atom is 0.435 e. The summed E-state index contributed by atoms with van der Waals surface area (Å²) >= 11 is 0. The third-order valence-corrected chi connectivity index (χ3v) is 4.80. The molecule has 0 bridgehead atoms. The minimum Gasteiger partial charge on any atom is -0.461 e. The summed E-state index contributed by atoms with van der Waals surface area (Å²) < 4.78 is 51.7. The van der Waals surface area contributed by atoms with E-state index in [1.165, 1.54) is 17.9 Å². The number of esters is 1. The summed E-state index contributed by atoms with van der Waals surface area (Å²) in [7, 11) is 0. The van der Waals surface area contributed by atoms with Crippen LogP contribution in [0.15, 0.2) is 22.6 Å². The number of hydrogen-bond donors (Lipinski definition) is 1. The number of nitrogens with one attached hydrogen (secondary N) is 1. The summed E-state index contributed by atoms with van der Waals surface area (Å²) in [5.41, 5.74) is -1.37. The van der Waals surface area contributed by atoms with Crippen molar-refractivity contribution < 1.29 is 31.9 Å². The highest BCUT2D eigenvalue weighted by atomic mass is 19.4. The summed E-state index contributed by atoms with van der Waals surface area (Å²) in [6.45, 7) is 3.05. The van der Waals surface area contributed by atoms with Gasteiger partial charge in [-0.25, -0.2) is 9.78 Å². The predicted molar refractivity (Wildman–Crippen MR) is 99.0 cm³/mol. The smallest absolute Gasteiger partial charge is 0.435 e. The maximum atomic E-state index is 13.4. The number of imidazole rings is 1. The van der Waals surface area contributed by atoms with Gasteiger partial charge in [-0.05, 0) is 26.0 Å². The Bertz CT molecular complexity index is 1140. The van der Waals surface area contributed by atoms with Gasteiger partial charge in [-0.3, -0.25) is 9.89 Å². The van der Waals surface area contributed by atoms with Gasteiger partial charge in [0.1, 0.15) is 17.3 Å². The molecule has 1 amide bonds. The molecule has 0 fully saturated rings. The number of aromatic nitrogens is 4. The minimum atomic E-state index is -4.83. The molecule has 0 spiro atoms. The second-order valence-corrected chi connectivity index (χ2v) is 6.90. The van der Waals surface area contributed by atoms with Crippen molar-refractivity contribution in [3.63, 3.8) is 0 Å². The first-order valence-electron chi connectivity index (χ1n) is 9.44. The first-order chi connectivity index (χ1) is 14.7. The molecular weight excluding hydrogens is 419 g/mol. The van der Waals surface area contributed by atoms with Crippen LogP contribution < -0.4 is 0 Å². The molecule has 9 nitrogen and oxygen atoms in total. The van der Waals surface area contributed by atoms with Gasteiger partial charge >= 0.3 is 12.1 Å². The third-order valence-electron chi connectivity index (χ3n) is 4.80. The minimum absolute atomic E-state index is 0.0348. The SMILES string of the molecule is CCOC(=O)c1c(C(F)(F)F)nc2n1CCN(C(=O)c1cc(-c3ccc(C)o3)[nH]n1)C2. The van der Waals surface area contributed by atoms with Crippen LogP contribution in [0.2, 0.25) is 0 Å². The first-order valence-corrected chi connectivity index (χ1v) is 9.44. The van der Waals surface area contributed by atoms with E-state index >= 15 is 0 Å². The molecule has 1 aliphatic rings. The molecule has 0 atom stereocenters. The van der Waals surface area contributed by atoms with E-state index in [0.717, 1.165) is 4.57 Å².